The molecule has 2 aromatic heterocycles. The summed E-state index contributed by atoms with van der Waals surface area (Å²) in [5, 5.41) is 4.68. The minimum atomic E-state index is -0.686. The number of carbonyl (C=O) groups is 2. The van der Waals surface area contributed by atoms with Crippen molar-refractivity contribution in [3.05, 3.63) is 77.6 Å². The molecular formula is C23H19N3O4S. The summed E-state index contributed by atoms with van der Waals surface area (Å²) in [6, 6.07) is 18.6. The third-order valence-electron chi connectivity index (χ3n) is 4.73. The van der Waals surface area contributed by atoms with Crippen LogP contribution in [0, 0.1) is 6.92 Å². The van der Waals surface area contributed by atoms with Gasteiger partial charge in [0.05, 0.1) is 30.5 Å². The van der Waals surface area contributed by atoms with Crippen molar-refractivity contribution in [1.82, 2.24) is 14.2 Å². The summed E-state index contributed by atoms with van der Waals surface area (Å²) in [6.45, 7) is 1.92. The van der Waals surface area contributed by atoms with Gasteiger partial charge in [0.25, 0.3) is 0 Å². The highest BCUT2D eigenvalue weighted by Crippen LogP contribution is 2.37. The van der Waals surface area contributed by atoms with Crippen molar-refractivity contribution < 1.29 is 19.1 Å². The van der Waals surface area contributed by atoms with Crippen LogP contribution in [0.5, 0.6) is 0 Å². The van der Waals surface area contributed by atoms with E-state index in [9.17, 15) is 9.59 Å². The molecule has 0 spiro atoms. The smallest absolute Gasteiger partial charge is 0.357 e. The summed E-state index contributed by atoms with van der Waals surface area (Å²) in [5.41, 5.74) is 3.44. The van der Waals surface area contributed by atoms with Crippen LogP contribution in [0.15, 0.2) is 60.7 Å². The topological polar surface area (TPSA) is 83.3 Å². The molecule has 2 heterocycles. The average Bonchev–Trinajstić information content (AvgIpc) is 3.42. The second-order valence-corrected chi connectivity index (χ2v) is 7.49. The number of para-hydroxylation sites is 1. The summed E-state index contributed by atoms with van der Waals surface area (Å²) in [5.74, 6) is -1.36. The van der Waals surface area contributed by atoms with Crippen LogP contribution in [-0.4, -0.2) is 40.3 Å². The van der Waals surface area contributed by atoms with E-state index in [4.69, 9.17) is 9.47 Å². The fourth-order valence-corrected chi connectivity index (χ4v) is 4.13. The van der Waals surface area contributed by atoms with Gasteiger partial charge in [0.15, 0.2) is 5.69 Å². The largest absolute Gasteiger partial charge is 0.465 e. The van der Waals surface area contributed by atoms with Gasteiger partial charge in [-0.05, 0) is 36.7 Å². The number of esters is 2. The van der Waals surface area contributed by atoms with Crippen LogP contribution in [0.25, 0.3) is 27.4 Å². The van der Waals surface area contributed by atoms with Gasteiger partial charge in [0.2, 0.25) is 0 Å². The van der Waals surface area contributed by atoms with E-state index in [-0.39, 0.29) is 11.3 Å². The lowest BCUT2D eigenvalue weighted by molar-refractivity contribution is 0.0549. The third kappa shape index (κ3) is 3.73. The number of nitrogens with zero attached hydrogens (tertiary/aromatic N) is 3. The van der Waals surface area contributed by atoms with E-state index < -0.39 is 11.9 Å². The van der Waals surface area contributed by atoms with Crippen molar-refractivity contribution in [3.63, 3.8) is 0 Å². The van der Waals surface area contributed by atoms with E-state index in [1.165, 1.54) is 30.4 Å². The Bertz CT molecular complexity index is 1260. The van der Waals surface area contributed by atoms with Crippen LogP contribution in [0.4, 0.5) is 0 Å². The highest BCUT2D eigenvalue weighted by Gasteiger charge is 2.32. The Morgan fingerprint density at radius 1 is 0.903 bits per heavy atom. The minimum absolute atomic E-state index is 0.00541. The molecular weight excluding hydrogens is 414 g/mol. The Hall–Kier alpha value is -3.78. The molecule has 0 aliphatic heterocycles. The van der Waals surface area contributed by atoms with Crippen molar-refractivity contribution >= 4 is 23.5 Å². The molecule has 4 rings (SSSR count). The SMILES string of the molecule is COC(=O)c1c(-c2ccccc2-c2cc(C)ns2)nn(-c2ccccc2)c1C(=O)OC. The van der Waals surface area contributed by atoms with Gasteiger partial charge >= 0.3 is 11.9 Å². The number of aromatic nitrogens is 3. The molecule has 31 heavy (non-hydrogen) atoms. The predicted octanol–water partition coefficient (Wildman–Crippen LogP) is 4.54. The van der Waals surface area contributed by atoms with E-state index >= 15 is 0 Å². The number of ether oxygens (including phenoxy) is 2. The van der Waals surface area contributed by atoms with Gasteiger partial charge in [-0.2, -0.15) is 9.47 Å². The first-order valence-electron chi connectivity index (χ1n) is 9.43. The number of aryl methyl sites for hydroxylation is 1. The number of benzene rings is 2. The molecule has 156 valence electrons. The Labute approximate surface area is 183 Å². The highest BCUT2D eigenvalue weighted by atomic mass is 32.1. The summed E-state index contributed by atoms with van der Waals surface area (Å²) in [6.07, 6.45) is 0. The van der Waals surface area contributed by atoms with Gasteiger partial charge in [-0.1, -0.05) is 42.5 Å². The molecule has 4 aromatic rings. The maximum absolute atomic E-state index is 12.9. The van der Waals surface area contributed by atoms with E-state index in [0.717, 1.165) is 16.1 Å². The number of methoxy groups -OCH3 is 2. The zero-order valence-corrected chi connectivity index (χ0v) is 18.0. The number of hydrogen-bond donors (Lipinski definition) is 0. The molecule has 2 aromatic carbocycles. The normalized spacial score (nSPS) is 10.7. The average molecular weight is 433 g/mol. The first-order valence-corrected chi connectivity index (χ1v) is 10.2. The zero-order valence-electron chi connectivity index (χ0n) is 17.2. The Morgan fingerprint density at radius 2 is 1.55 bits per heavy atom. The van der Waals surface area contributed by atoms with Gasteiger partial charge in [-0.25, -0.2) is 14.3 Å². The summed E-state index contributed by atoms with van der Waals surface area (Å²) in [7, 11) is 2.53. The number of rotatable bonds is 5. The summed E-state index contributed by atoms with van der Waals surface area (Å²) in [4.78, 5) is 26.5. The van der Waals surface area contributed by atoms with Crippen LogP contribution in [0.1, 0.15) is 26.5 Å². The first kappa shape index (κ1) is 20.5. The Balaban J connectivity index is 2.05. The molecule has 0 radical (unpaired) electrons. The van der Waals surface area contributed by atoms with E-state index in [0.29, 0.717) is 16.9 Å². The fraction of sp³-hybridized carbons (Fsp3) is 0.130. The molecule has 0 saturated heterocycles. The van der Waals surface area contributed by atoms with Crippen molar-refractivity contribution in [2.75, 3.05) is 14.2 Å². The maximum Gasteiger partial charge on any atom is 0.357 e. The molecule has 0 unspecified atom stereocenters. The monoisotopic (exact) mass is 433 g/mol. The van der Waals surface area contributed by atoms with Gasteiger partial charge in [-0.15, -0.1) is 0 Å². The van der Waals surface area contributed by atoms with Crippen LogP contribution >= 0.6 is 11.5 Å². The zero-order chi connectivity index (χ0) is 22.0. The second-order valence-electron chi connectivity index (χ2n) is 6.68. The van der Waals surface area contributed by atoms with Crippen LogP contribution in [0.2, 0.25) is 0 Å². The first-order chi connectivity index (χ1) is 15.0. The Morgan fingerprint density at radius 3 is 2.16 bits per heavy atom. The van der Waals surface area contributed by atoms with Gasteiger partial charge in [-0.3, -0.25) is 0 Å². The van der Waals surface area contributed by atoms with E-state index in [1.807, 2.05) is 55.5 Å². The van der Waals surface area contributed by atoms with Crippen molar-refractivity contribution in [1.29, 1.82) is 0 Å². The van der Waals surface area contributed by atoms with Crippen LogP contribution in [0.3, 0.4) is 0 Å². The minimum Gasteiger partial charge on any atom is -0.465 e. The van der Waals surface area contributed by atoms with Gasteiger partial charge in [0.1, 0.15) is 11.3 Å². The molecule has 0 N–H and O–H groups in total. The quantitative estimate of drug-likeness (QED) is 0.430. The second kappa shape index (κ2) is 8.53. The van der Waals surface area contributed by atoms with Crippen molar-refractivity contribution in [2.45, 2.75) is 6.92 Å². The van der Waals surface area contributed by atoms with Crippen LogP contribution in [-0.2, 0) is 9.47 Å². The van der Waals surface area contributed by atoms with Crippen molar-refractivity contribution in [3.8, 4) is 27.4 Å². The van der Waals surface area contributed by atoms with E-state index in [2.05, 4.69) is 9.47 Å². The maximum atomic E-state index is 12.9. The number of carbonyl (C=O) groups excluding carboxylic acids is 2. The molecule has 0 bridgehead atoms. The third-order valence-corrected chi connectivity index (χ3v) is 5.64. The summed E-state index contributed by atoms with van der Waals surface area (Å²) < 4.78 is 15.8. The molecule has 8 heteroatoms. The fourth-order valence-electron chi connectivity index (χ4n) is 3.34. The van der Waals surface area contributed by atoms with Crippen molar-refractivity contribution in [2.24, 2.45) is 0 Å². The predicted molar refractivity (Wildman–Crippen MR) is 118 cm³/mol. The lowest BCUT2D eigenvalue weighted by Crippen LogP contribution is -2.15. The number of hydrogen-bond acceptors (Lipinski definition) is 7. The molecule has 0 aliphatic rings. The standard InChI is InChI=1S/C23H19N3O4S/c1-14-13-18(31-25-14)16-11-7-8-12-17(16)20-19(22(27)29-2)21(23(28)30-3)26(24-20)15-9-5-4-6-10-15/h4-13H,1-3H3. The molecule has 0 saturated carbocycles. The molecule has 0 aliphatic carbocycles. The molecule has 7 nitrogen and oxygen atoms in total. The molecule has 0 amide bonds. The van der Waals surface area contributed by atoms with Crippen LogP contribution < -0.4 is 0 Å². The van der Waals surface area contributed by atoms with Gasteiger partial charge in [0, 0.05) is 11.1 Å². The summed E-state index contributed by atoms with van der Waals surface area (Å²) >= 11 is 1.36. The lowest BCUT2D eigenvalue weighted by Gasteiger charge is -2.08. The van der Waals surface area contributed by atoms with Gasteiger partial charge < -0.3 is 9.47 Å². The highest BCUT2D eigenvalue weighted by molar-refractivity contribution is 7.09. The molecule has 0 fully saturated rings. The van der Waals surface area contributed by atoms with E-state index in [1.54, 1.807) is 12.1 Å². The lowest BCUT2D eigenvalue weighted by atomic mass is 9.99. The molecule has 0 atom stereocenters. The Kier molecular flexibility index (Phi) is 5.64.